The molecule has 0 radical (unpaired) electrons. The largest absolute Gasteiger partial charge is 0.335 e. The van der Waals surface area contributed by atoms with Crippen LogP contribution in [0.5, 0.6) is 0 Å². The van der Waals surface area contributed by atoms with E-state index in [-0.39, 0.29) is 6.04 Å². The molecule has 0 bridgehead atoms. The first-order valence-corrected chi connectivity index (χ1v) is 7.44. The van der Waals surface area contributed by atoms with E-state index in [4.69, 9.17) is 0 Å². The number of amides is 1. The summed E-state index contributed by atoms with van der Waals surface area (Å²) in [5, 5.41) is 3.29. The first kappa shape index (κ1) is 13.9. The van der Waals surface area contributed by atoms with E-state index in [1.54, 1.807) is 4.90 Å². The molecule has 1 amide bonds. The number of benzene rings is 1. The summed E-state index contributed by atoms with van der Waals surface area (Å²) in [6.45, 7) is 4.24. The molecule has 1 aromatic carbocycles. The van der Waals surface area contributed by atoms with Crippen molar-refractivity contribution in [1.29, 1.82) is 0 Å². The number of hydrogen-bond donors (Lipinski definition) is 1. The van der Waals surface area contributed by atoms with Gasteiger partial charge in [-0.3, -0.25) is 4.79 Å². The molecule has 1 N–H and O–H groups in total. The molecule has 1 aromatic rings. The first-order valence-electron chi connectivity index (χ1n) is 6.65. The van der Waals surface area contributed by atoms with Gasteiger partial charge in [-0.2, -0.15) is 0 Å². The van der Waals surface area contributed by atoms with E-state index in [9.17, 15) is 13.6 Å². The monoisotopic (exact) mass is 344 g/mol. The van der Waals surface area contributed by atoms with Gasteiger partial charge in [-0.15, -0.1) is 0 Å². The summed E-state index contributed by atoms with van der Waals surface area (Å²) < 4.78 is 28.1. The summed E-state index contributed by atoms with van der Waals surface area (Å²) in [5.74, 6) is -1.42. The Hall–Kier alpha value is -1.01. The Morgan fingerprint density at radius 3 is 2.60 bits per heavy atom. The third kappa shape index (κ3) is 2.15. The molecule has 0 saturated carbocycles. The number of hydrogen-bond acceptors (Lipinski definition) is 2. The van der Waals surface area contributed by atoms with E-state index in [1.165, 1.54) is 0 Å². The van der Waals surface area contributed by atoms with Gasteiger partial charge in [-0.25, -0.2) is 8.78 Å². The molecule has 3 atom stereocenters. The molecular formula is C14H15BrF2N2O. The van der Waals surface area contributed by atoms with E-state index < -0.39 is 23.1 Å². The highest BCUT2D eigenvalue weighted by Gasteiger charge is 2.44. The molecule has 0 spiro atoms. The zero-order valence-corrected chi connectivity index (χ0v) is 12.6. The SMILES string of the molecule is CC1C2CNCC2CN1C(=O)c1c(F)cc(Br)cc1F. The molecule has 6 heteroatoms. The van der Waals surface area contributed by atoms with E-state index in [0.717, 1.165) is 25.2 Å². The van der Waals surface area contributed by atoms with Gasteiger partial charge in [0.05, 0.1) is 0 Å². The molecule has 108 valence electrons. The summed E-state index contributed by atoms with van der Waals surface area (Å²) in [7, 11) is 0. The molecule has 3 rings (SSSR count). The minimum Gasteiger partial charge on any atom is -0.335 e. The number of halogens is 3. The molecule has 2 fully saturated rings. The normalized spacial score (nSPS) is 28.8. The molecule has 0 aromatic heterocycles. The van der Waals surface area contributed by atoms with Crippen molar-refractivity contribution in [2.45, 2.75) is 13.0 Å². The lowest BCUT2D eigenvalue weighted by atomic mass is 9.95. The summed E-state index contributed by atoms with van der Waals surface area (Å²) >= 11 is 3.02. The zero-order chi connectivity index (χ0) is 14.4. The number of nitrogens with zero attached hydrogens (tertiary/aromatic N) is 1. The molecule has 3 nitrogen and oxygen atoms in total. The summed E-state index contributed by atoms with van der Waals surface area (Å²) in [4.78, 5) is 14.1. The van der Waals surface area contributed by atoms with Crippen LogP contribution in [0, 0.1) is 23.5 Å². The maximum Gasteiger partial charge on any atom is 0.260 e. The fourth-order valence-corrected chi connectivity index (χ4v) is 3.73. The van der Waals surface area contributed by atoms with Crippen LogP contribution in [-0.2, 0) is 0 Å². The molecule has 2 saturated heterocycles. The second kappa shape index (κ2) is 5.07. The van der Waals surface area contributed by atoms with Crippen molar-refractivity contribution in [3.05, 3.63) is 33.8 Å². The van der Waals surface area contributed by atoms with Crippen molar-refractivity contribution in [2.24, 2.45) is 11.8 Å². The Balaban J connectivity index is 1.90. The average Bonchev–Trinajstić information content (AvgIpc) is 2.91. The average molecular weight is 345 g/mol. The molecule has 0 aliphatic carbocycles. The highest BCUT2D eigenvalue weighted by atomic mass is 79.9. The van der Waals surface area contributed by atoms with Crippen LogP contribution in [0.1, 0.15) is 17.3 Å². The van der Waals surface area contributed by atoms with E-state index in [0.29, 0.717) is 22.9 Å². The van der Waals surface area contributed by atoms with Crippen LogP contribution in [-0.4, -0.2) is 36.5 Å². The molecule has 2 heterocycles. The highest BCUT2D eigenvalue weighted by molar-refractivity contribution is 9.10. The summed E-state index contributed by atoms with van der Waals surface area (Å²) in [6, 6.07) is 2.25. The predicted molar refractivity (Wildman–Crippen MR) is 74.4 cm³/mol. The Kier molecular flexibility index (Phi) is 3.54. The lowest BCUT2D eigenvalue weighted by Gasteiger charge is -2.25. The second-order valence-corrected chi connectivity index (χ2v) is 6.44. The number of likely N-dealkylation sites (tertiary alicyclic amines) is 1. The Bertz CT molecular complexity index is 543. The van der Waals surface area contributed by atoms with Crippen molar-refractivity contribution in [1.82, 2.24) is 10.2 Å². The number of rotatable bonds is 1. The van der Waals surface area contributed by atoms with Crippen LogP contribution in [0.4, 0.5) is 8.78 Å². The standard InChI is InChI=1S/C14H15BrF2N2O/c1-7-10-5-18-4-8(10)6-19(7)14(20)13-11(16)2-9(15)3-12(13)17/h2-3,7-8,10,18H,4-6H2,1H3. The number of fused-ring (bicyclic) bond motifs is 1. The fourth-order valence-electron chi connectivity index (χ4n) is 3.33. The third-order valence-electron chi connectivity index (χ3n) is 4.42. The maximum absolute atomic E-state index is 13.9. The van der Waals surface area contributed by atoms with E-state index in [2.05, 4.69) is 21.2 Å². The van der Waals surface area contributed by atoms with Crippen molar-refractivity contribution < 1.29 is 13.6 Å². The van der Waals surface area contributed by atoms with Gasteiger partial charge in [0, 0.05) is 30.1 Å². The van der Waals surface area contributed by atoms with E-state index in [1.807, 2.05) is 6.92 Å². The van der Waals surface area contributed by atoms with Gasteiger partial charge < -0.3 is 10.2 Å². The van der Waals surface area contributed by atoms with Gasteiger partial charge >= 0.3 is 0 Å². The van der Waals surface area contributed by atoms with E-state index >= 15 is 0 Å². The van der Waals surface area contributed by atoms with Crippen LogP contribution in [0.15, 0.2) is 16.6 Å². The predicted octanol–water partition coefficient (Wildman–Crippen LogP) is 2.41. The van der Waals surface area contributed by atoms with Gasteiger partial charge in [0.1, 0.15) is 17.2 Å². The molecular weight excluding hydrogens is 330 g/mol. The zero-order valence-electron chi connectivity index (χ0n) is 11.0. The highest BCUT2D eigenvalue weighted by Crippen LogP contribution is 2.34. The van der Waals surface area contributed by atoms with Crippen molar-refractivity contribution >= 4 is 21.8 Å². The third-order valence-corrected chi connectivity index (χ3v) is 4.87. The minimum atomic E-state index is -0.816. The van der Waals surface area contributed by atoms with Gasteiger partial charge in [-0.05, 0) is 30.9 Å². The van der Waals surface area contributed by atoms with Crippen LogP contribution in [0.2, 0.25) is 0 Å². The molecule has 3 unspecified atom stereocenters. The quantitative estimate of drug-likeness (QED) is 0.848. The molecule has 2 aliphatic heterocycles. The maximum atomic E-state index is 13.9. The second-order valence-electron chi connectivity index (χ2n) is 5.52. The Labute approximate surface area is 124 Å². The summed E-state index contributed by atoms with van der Waals surface area (Å²) in [6.07, 6.45) is 0. The lowest BCUT2D eigenvalue weighted by Crippen LogP contribution is -2.38. The Morgan fingerprint density at radius 2 is 2.00 bits per heavy atom. The topological polar surface area (TPSA) is 32.3 Å². The number of nitrogens with one attached hydrogen (secondary N) is 1. The first-order chi connectivity index (χ1) is 9.49. The minimum absolute atomic E-state index is 0.00458. The van der Waals surface area contributed by atoms with Crippen LogP contribution in [0.3, 0.4) is 0 Å². The smallest absolute Gasteiger partial charge is 0.260 e. The van der Waals surface area contributed by atoms with Crippen molar-refractivity contribution in [3.63, 3.8) is 0 Å². The van der Waals surface area contributed by atoms with Gasteiger partial charge in [0.15, 0.2) is 0 Å². The van der Waals surface area contributed by atoms with Gasteiger partial charge in [0.25, 0.3) is 5.91 Å². The molecule has 2 aliphatic rings. The Morgan fingerprint density at radius 1 is 1.35 bits per heavy atom. The van der Waals surface area contributed by atoms with Crippen LogP contribution in [0.25, 0.3) is 0 Å². The van der Waals surface area contributed by atoms with Gasteiger partial charge in [0.2, 0.25) is 0 Å². The molecule has 20 heavy (non-hydrogen) atoms. The van der Waals surface area contributed by atoms with Gasteiger partial charge in [-0.1, -0.05) is 15.9 Å². The fraction of sp³-hybridized carbons (Fsp3) is 0.500. The van der Waals surface area contributed by atoms with Crippen LogP contribution < -0.4 is 5.32 Å². The van der Waals surface area contributed by atoms with Crippen molar-refractivity contribution in [2.75, 3.05) is 19.6 Å². The number of carbonyl (C=O) groups excluding carboxylic acids is 1. The summed E-state index contributed by atoms with van der Waals surface area (Å²) in [5.41, 5.74) is -0.451. The van der Waals surface area contributed by atoms with Crippen LogP contribution >= 0.6 is 15.9 Å². The number of carbonyl (C=O) groups is 1. The van der Waals surface area contributed by atoms with Crippen molar-refractivity contribution in [3.8, 4) is 0 Å². The lowest BCUT2D eigenvalue weighted by molar-refractivity contribution is 0.0718.